The van der Waals surface area contributed by atoms with Crippen LogP contribution in [0.1, 0.15) is 18.4 Å². The normalized spacial score (nSPS) is 32.2. The van der Waals surface area contributed by atoms with Crippen molar-refractivity contribution in [2.75, 3.05) is 0 Å². The van der Waals surface area contributed by atoms with Gasteiger partial charge in [-0.25, -0.2) is 0 Å². The summed E-state index contributed by atoms with van der Waals surface area (Å²) in [5.41, 5.74) is 1.91. The lowest BCUT2D eigenvalue weighted by molar-refractivity contribution is 0.313. The summed E-state index contributed by atoms with van der Waals surface area (Å²) < 4.78 is 0. The molecule has 2 heteroatoms. The number of nitrogens with zero attached hydrogens (tertiary/aromatic N) is 1. The molecule has 0 spiro atoms. The zero-order chi connectivity index (χ0) is 11.0. The molecule has 82 valence electrons. The number of fused-ring (bicyclic) bond motifs is 2. The van der Waals surface area contributed by atoms with E-state index < -0.39 is 0 Å². The summed E-state index contributed by atoms with van der Waals surface area (Å²) >= 11 is 0. The van der Waals surface area contributed by atoms with Crippen LogP contribution < -0.4 is 0 Å². The molecule has 2 nitrogen and oxygen atoms in total. The molecule has 0 amide bonds. The molecule has 3 unspecified atom stereocenters. The Morgan fingerprint density at radius 2 is 1.94 bits per heavy atom. The number of rotatable bonds is 2. The smallest absolute Gasteiger partial charge is 0.0904 e. The Morgan fingerprint density at radius 1 is 1.12 bits per heavy atom. The molecule has 1 saturated carbocycles. The van der Waals surface area contributed by atoms with Crippen molar-refractivity contribution in [2.24, 2.45) is 22.9 Å². The molecule has 3 atom stereocenters. The molecule has 0 heterocycles. The van der Waals surface area contributed by atoms with Crippen molar-refractivity contribution < 1.29 is 5.21 Å². The third-order valence-electron chi connectivity index (χ3n) is 3.81. The minimum absolute atomic E-state index is 0.405. The van der Waals surface area contributed by atoms with Crippen molar-refractivity contribution in [2.45, 2.75) is 12.8 Å². The topological polar surface area (TPSA) is 32.6 Å². The summed E-state index contributed by atoms with van der Waals surface area (Å²) in [5, 5.41) is 12.8. The fraction of sp³-hybridized carbons (Fsp3) is 0.357. The zero-order valence-electron chi connectivity index (χ0n) is 9.08. The molecule has 1 aromatic carbocycles. The van der Waals surface area contributed by atoms with Gasteiger partial charge in [-0.3, -0.25) is 0 Å². The van der Waals surface area contributed by atoms with Crippen LogP contribution in [-0.2, 0) is 0 Å². The van der Waals surface area contributed by atoms with Crippen LogP contribution in [0.25, 0.3) is 0 Å². The molecule has 1 fully saturated rings. The fourth-order valence-electron chi connectivity index (χ4n) is 3.05. The van der Waals surface area contributed by atoms with Crippen LogP contribution in [0, 0.1) is 17.8 Å². The monoisotopic (exact) mass is 213 g/mol. The van der Waals surface area contributed by atoms with Crippen LogP contribution >= 0.6 is 0 Å². The first kappa shape index (κ1) is 9.64. The Balaban J connectivity index is 1.91. The van der Waals surface area contributed by atoms with Gasteiger partial charge in [0.15, 0.2) is 0 Å². The van der Waals surface area contributed by atoms with Gasteiger partial charge in [-0.1, -0.05) is 47.6 Å². The van der Waals surface area contributed by atoms with Gasteiger partial charge in [0.05, 0.1) is 5.71 Å². The van der Waals surface area contributed by atoms with Crippen molar-refractivity contribution in [3.8, 4) is 0 Å². The van der Waals surface area contributed by atoms with Crippen LogP contribution in [0.2, 0.25) is 0 Å². The predicted molar refractivity (Wildman–Crippen MR) is 63.6 cm³/mol. The highest BCUT2D eigenvalue weighted by Crippen LogP contribution is 2.44. The summed E-state index contributed by atoms with van der Waals surface area (Å²) in [4.78, 5) is 0. The van der Waals surface area contributed by atoms with Crippen LogP contribution in [0.5, 0.6) is 0 Å². The lowest BCUT2D eigenvalue weighted by atomic mass is 9.86. The summed E-state index contributed by atoms with van der Waals surface area (Å²) in [5.74, 6) is 1.69. The SMILES string of the molecule is O/N=C(/c1ccccc1)C1CC2C=CC1C2. The molecule has 0 aliphatic heterocycles. The Morgan fingerprint density at radius 3 is 2.50 bits per heavy atom. The van der Waals surface area contributed by atoms with E-state index in [0.29, 0.717) is 17.8 Å². The molecule has 2 aliphatic carbocycles. The van der Waals surface area contributed by atoms with Gasteiger partial charge in [-0.15, -0.1) is 0 Å². The van der Waals surface area contributed by atoms with Gasteiger partial charge >= 0.3 is 0 Å². The number of oxime groups is 1. The Labute approximate surface area is 95.3 Å². The maximum absolute atomic E-state index is 9.23. The molecular formula is C14H15NO. The van der Waals surface area contributed by atoms with Gasteiger partial charge in [0.25, 0.3) is 0 Å². The van der Waals surface area contributed by atoms with Crippen LogP contribution in [0.4, 0.5) is 0 Å². The second-order valence-electron chi connectivity index (χ2n) is 4.74. The standard InChI is InChI=1S/C14H15NO/c16-15-14(11-4-2-1-3-5-11)13-9-10-6-7-12(13)8-10/h1-7,10,12-13,16H,8-9H2/b15-14-. The van der Waals surface area contributed by atoms with Gasteiger partial charge in [0.1, 0.15) is 0 Å². The van der Waals surface area contributed by atoms with Gasteiger partial charge in [-0.05, 0) is 30.2 Å². The highest BCUT2D eigenvalue weighted by molar-refractivity contribution is 6.02. The van der Waals surface area contributed by atoms with Gasteiger partial charge < -0.3 is 5.21 Å². The lowest BCUT2D eigenvalue weighted by Crippen LogP contribution is -2.20. The molecule has 2 aliphatic rings. The number of benzene rings is 1. The van der Waals surface area contributed by atoms with E-state index in [9.17, 15) is 5.21 Å². The van der Waals surface area contributed by atoms with E-state index in [2.05, 4.69) is 17.3 Å². The minimum atomic E-state index is 0.405. The molecule has 16 heavy (non-hydrogen) atoms. The Kier molecular flexibility index (Phi) is 2.28. The maximum atomic E-state index is 9.23. The molecule has 1 aromatic rings. The first-order chi connectivity index (χ1) is 7.88. The molecular weight excluding hydrogens is 198 g/mol. The summed E-state index contributed by atoms with van der Waals surface area (Å²) in [6, 6.07) is 10.0. The van der Waals surface area contributed by atoms with E-state index in [-0.39, 0.29) is 0 Å². The molecule has 0 aromatic heterocycles. The summed E-state index contributed by atoms with van der Waals surface area (Å²) in [6.07, 6.45) is 6.96. The first-order valence-electron chi connectivity index (χ1n) is 5.84. The van der Waals surface area contributed by atoms with E-state index in [1.165, 1.54) is 6.42 Å². The van der Waals surface area contributed by atoms with E-state index >= 15 is 0 Å². The third kappa shape index (κ3) is 1.45. The minimum Gasteiger partial charge on any atom is -0.411 e. The second kappa shape index (κ2) is 3.78. The molecule has 3 rings (SSSR count). The van der Waals surface area contributed by atoms with Crippen LogP contribution in [0.3, 0.4) is 0 Å². The quantitative estimate of drug-likeness (QED) is 0.348. The number of hydrogen-bond donors (Lipinski definition) is 1. The van der Waals surface area contributed by atoms with Gasteiger partial charge in [-0.2, -0.15) is 0 Å². The molecule has 1 N–H and O–H groups in total. The van der Waals surface area contributed by atoms with Gasteiger partial charge in [0, 0.05) is 5.92 Å². The van der Waals surface area contributed by atoms with Crippen molar-refractivity contribution in [3.63, 3.8) is 0 Å². The van der Waals surface area contributed by atoms with Crippen molar-refractivity contribution in [1.82, 2.24) is 0 Å². The first-order valence-corrected chi connectivity index (χ1v) is 5.84. The van der Waals surface area contributed by atoms with Crippen molar-refractivity contribution in [1.29, 1.82) is 0 Å². The Bertz CT molecular complexity index is 435. The van der Waals surface area contributed by atoms with Gasteiger partial charge in [0.2, 0.25) is 0 Å². The lowest BCUT2D eigenvalue weighted by Gasteiger charge is -2.19. The number of hydrogen-bond acceptors (Lipinski definition) is 2. The summed E-state index contributed by atoms with van der Waals surface area (Å²) in [6.45, 7) is 0. The largest absolute Gasteiger partial charge is 0.411 e. The fourth-order valence-corrected chi connectivity index (χ4v) is 3.05. The van der Waals surface area contributed by atoms with Crippen LogP contribution in [0.15, 0.2) is 47.6 Å². The average Bonchev–Trinajstić information content (AvgIpc) is 2.94. The van der Waals surface area contributed by atoms with Crippen molar-refractivity contribution >= 4 is 5.71 Å². The van der Waals surface area contributed by atoms with E-state index in [4.69, 9.17) is 0 Å². The highest BCUT2D eigenvalue weighted by Gasteiger charge is 2.39. The highest BCUT2D eigenvalue weighted by atomic mass is 16.4. The zero-order valence-corrected chi connectivity index (χ0v) is 9.08. The number of allylic oxidation sites excluding steroid dienone is 2. The average molecular weight is 213 g/mol. The molecule has 2 bridgehead atoms. The maximum Gasteiger partial charge on any atom is 0.0904 e. The third-order valence-corrected chi connectivity index (χ3v) is 3.81. The van der Waals surface area contributed by atoms with Crippen LogP contribution in [-0.4, -0.2) is 10.9 Å². The molecule has 0 radical (unpaired) electrons. The second-order valence-corrected chi connectivity index (χ2v) is 4.74. The Hall–Kier alpha value is -1.57. The summed E-state index contributed by atoms with van der Waals surface area (Å²) in [7, 11) is 0. The van der Waals surface area contributed by atoms with E-state index in [1.54, 1.807) is 0 Å². The van der Waals surface area contributed by atoms with Crippen molar-refractivity contribution in [3.05, 3.63) is 48.0 Å². The van der Waals surface area contributed by atoms with E-state index in [0.717, 1.165) is 17.7 Å². The molecule has 0 saturated heterocycles. The predicted octanol–water partition coefficient (Wildman–Crippen LogP) is 3.08. The van der Waals surface area contributed by atoms with E-state index in [1.807, 2.05) is 30.3 Å².